The van der Waals surface area contributed by atoms with Gasteiger partial charge in [-0.2, -0.15) is 30.6 Å². The molecule has 28 nitrogen and oxygen atoms in total. The van der Waals surface area contributed by atoms with Gasteiger partial charge in [-0.15, -0.1) is 68.0 Å². The molecule has 22 aromatic rings. The number of methoxy groups -OCH3 is 1. The molecule has 0 amide bonds. The molecule has 1 aliphatic heterocycles. The number of nitrogens with zero attached hydrogens (tertiary/aromatic N) is 20. The Bertz CT molecular complexity index is 8120. The number of halogens is 1. The number of hydrogen-bond donors (Lipinski definition) is 6. The van der Waals surface area contributed by atoms with Crippen LogP contribution in [0.1, 0.15) is 130 Å². The van der Waals surface area contributed by atoms with Gasteiger partial charge in [0.2, 0.25) is 0 Å². The van der Waals surface area contributed by atoms with Gasteiger partial charge in [0, 0.05) is 141 Å². The van der Waals surface area contributed by atoms with Gasteiger partial charge in [-0.3, -0.25) is 33.1 Å². The van der Waals surface area contributed by atoms with E-state index in [2.05, 4.69) is 192 Å². The first-order valence-corrected chi connectivity index (χ1v) is 51.7. The Balaban J connectivity index is 0.000000106. The second-order valence-electron chi connectivity index (χ2n) is 36.4. The van der Waals surface area contributed by atoms with Crippen LogP contribution < -0.4 is 37.1 Å². The summed E-state index contributed by atoms with van der Waals surface area (Å²) >= 11 is 16.6. The Labute approximate surface area is 828 Å². The largest absolute Gasteiger partial charge is 0.497 e. The van der Waals surface area contributed by atoms with Crippen LogP contribution in [0, 0.1) is 89.0 Å². The first-order valence-electron chi connectivity index (χ1n) is 46.4. The number of nitrogen functional groups attached to an aromatic ring is 1. The van der Waals surface area contributed by atoms with Crippen molar-refractivity contribution >= 4 is 237 Å². The van der Waals surface area contributed by atoms with Crippen LogP contribution in [-0.2, 0) is 61.4 Å². The van der Waals surface area contributed by atoms with Crippen LogP contribution in [0.5, 0.6) is 5.75 Å². The van der Waals surface area contributed by atoms with Crippen molar-refractivity contribution in [3.05, 3.63) is 223 Å². The van der Waals surface area contributed by atoms with Gasteiger partial charge in [0.1, 0.15) is 46.3 Å². The highest BCUT2D eigenvalue weighted by Crippen LogP contribution is 2.47. The number of hydrogen-bond acceptors (Lipinski definition) is 28. The molecule has 0 atom stereocenters. The number of anilines is 6. The molecule has 35 heteroatoms. The lowest BCUT2D eigenvalue weighted by Crippen LogP contribution is -2.42. The molecule has 0 bridgehead atoms. The maximum absolute atomic E-state index is 6.43. The molecule has 24 rings (SSSR count). The lowest BCUT2D eigenvalue weighted by molar-refractivity contribution is 0.177. The number of nitrogens with one attached hydrogen (secondary N) is 5. The van der Waals surface area contributed by atoms with Crippen molar-refractivity contribution < 1.29 is 9.15 Å². The fourth-order valence-electron chi connectivity index (χ4n) is 18.6. The first-order chi connectivity index (χ1) is 66.5. The highest BCUT2D eigenvalue weighted by Gasteiger charge is 2.29. The van der Waals surface area contributed by atoms with E-state index in [-0.39, 0.29) is 0 Å². The van der Waals surface area contributed by atoms with Crippen LogP contribution in [-0.4, -0.2) is 137 Å². The average Bonchev–Trinajstić information content (AvgIpc) is 1.59. The van der Waals surface area contributed by atoms with Gasteiger partial charge in [-0.25, -0.2) is 29.9 Å². The van der Waals surface area contributed by atoms with Crippen molar-refractivity contribution in [1.82, 2.24) is 98.5 Å². The molecule has 1 aliphatic carbocycles. The summed E-state index contributed by atoms with van der Waals surface area (Å²) in [5.74, 6) is 8.81. The quantitative estimate of drug-likeness (QED) is 0.0465. The molecule has 2 aromatic carbocycles. The monoisotopic (exact) mass is 1970 g/mol. The SMILES string of the molecule is COc1ccc(Cn2nc(N)c3sc4nc(C)c(Cl)c(C)c4c32)cc1.Cc1cc(C)c2c(n1)sc1c(NC3CCN(C(C)C)CC3)nn(C)c12.Cc1cc(C)c2c(n1)sc1c(NCc3ccc(C)o3)nn(C)c12.Cc1cc(C)c2c(n1)sc1c(NCc3ccccc3)nn(C)c12.Cc1cc(C)c2c(n1)sc1c(NCc3ccccn3)nn(C)c12.Cc1ccnc2sc3c(NCC4CC4)nn(C)c3c12. The Morgan fingerprint density at radius 3 is 1.36 bits per heavy atom. The molecule has 138 heavy (non-hydrogen) atoms. The standard InChI is InChI=1S/C19H27N5S.C18H17ClN4OS.C18H18N4S.C17H17N5S.C17H18N4OS.C14H16N4S/c1-11(2)24-8-6-14(7-9-24)21-18-17-16(23(5)22-18)15-12(3)10-13(4)20-19(15)25-17;1-9-13-15-16(25-18(13)21-10(2)14(9)19)17(20)22-23(15)8-11-4-6-12(24-3)7-5-11;1-11-9-12(2)20-18-14(11)15-16(23-18)17(21-22(15)3)19-10-13-7-5-4-6-8-13;1-10-8-11(2)20-17-13(10)14-15(23-17)16(21-22(14)3)19-9-12-6-4-5-7-18-12;1-9-7-10(2)19-17-13(9)14-15(23-17)16(20-21(14)4)18-8-12-6-5-11(3)22-12;1-8-5-6-15-14-10(8)11-12(19-14)13(17-18(11)2)16-7-9-3-4-9/h10-11,14H,6-9H2,1-5H3,(H,21,22);4-7H,8H2,1-3H3,(H2,20,22);4-9H,10H2,1-3H3,(H,19,21);4-8H,9H2,1-3H3,(H,19,21);5-7H,8H2,1-4H3,(H,18,20);5-6,9H,3-4,7H2,1-2H3,(H,16,17). The van der Waals surface area contributed by atoms with Gasteiger partial charge >= 0.3 is 0 Å². The maximum atomic E-state index is 6.43. The van der Waals surface area contributed by atoms with E-state index >= 15 is 0 Å². The minimum atomic E-state index is 0.508. The van der Waals surface area contributed by atoms with Crippen LogP contribution in [0.2, 0.25) is 5.02 Å². The fourth-order valence-corrected chi connectivity index (χ4v) is 26.2. The van der Waals surface area contributed by atoms with Crippen molar-refractivity contribution in [3.63, 3.8) is 0 Å². The Morgan fingerprint density at radius 2 is 0.884 bits per heavy atom. The third kappa shape index (κ3) is 19.0. The van der Waals surface area contributed by atoms with E-state index in [1.54, 1.807) is 81.3 Å². The van der Waals surface area contributed by atoms with E-state index in [1.165, 1.54) is 117 Å². The number of thiophene rings is 6. The molecule has 20 aromatic heterocycles. The van der Waals surface area contributed by atoms with Gasteiger partial charge in [0.25, 0.3) is 0 Å². The average molecular weight is 1980 g/mol. The Kier molecular flexibility index (Phi) is 26.8. The Morgan fingerprint density at radius 1 is 0.435 bits per heavy atom. The minimum Gasteiger partial charge on any atom is -0.497 e. The van der Waals surface area contributed by atoms with Crippen molar-refractivity contribution in [3.8, 4) is 5.75 Å². The van der Waals surface area contributed by atoms with E-state index in [1.807, 2.05) is 172 Å². The maximum Gasteiger partial charge on any atom is 0.166 e. The van der Waals surface area contributed by atoms with Gasteiger partial charge < -0.3 is 46.4 Å². The van der Waals surface area contributed by atoms with Crippen LogP contribution in [0.25, 0.3) is 123 Å². The predicted molar refractivity (Wildman–Crippen MR) is 577 cm³/mol. The van der Waals surface area contributed by atoms with Crippen molar-refractivity contribution in [2.24, 2.45) is 41.2 Å². The second kappa shape index (κ2) is 39.2. The molecule has 2 fully saturated rings. The molecule has 7 N–H and O–H groups in total. The fraction of sp³-hybridized carbons (Fsp3) is 0.330. The minimum absolute atomic E-state index is 0.508. The summed E-state index contributed by atoms with van der Waals surface area (Å²) in [5, 5.41) is 53.2. The molecule has 0 radical (unpaired) electrons. The third-order valence-corrected chi connectivity index (χ3v) is 32.5. The molecule has 710 valence electrons. The molecular weight excluding hydrogens is 1860 g/mol. The molecular formula is C103H113ClN26O2S6. The molecule has 2 aliphatic rings. The van der Waals surface area contributed by atoms with Crippen LogP contribution in [0.4, 0.5) is 34.9 Å². The molecule has 1 saturated carbocycles. The summed E-state index contributed by atoms with van der Waals surface area (Å²) in [6.45, 7) is 35.4. The molecule has 0 unspecified atom stereocenters. The van der Waals surface area contributed by atoms with E-state index in [0.717, 1.165) is 189 Å². The van der Waals surface area contributed by atoms with E-state index in [0.29, 0.717) is 42.6 Å². The summed E-state index contributed by atoms with van der Waals surface area (Å²) in [6, 6.07) is 40.0. The van der Waals surface area contributed by atoms with Crippen LogP contribution in [0.15, 0.2) is 132 Å². The number of furan rings is 1. The second-order valence-corrected chi connectivity index (χ2v) is 42.7. The number of piperidine rings is 1. The number of aromatic nitrogens is 19. The van der Waals surface area contributed by atoms with E-state index < -0.39 is 0 Å². The molecule has 1 saturated heterocycles. The topological polar surface area (TPSA) is 309 Å². The van der Waals surface area contributed by atoms with Crippen LogP contribution >= 0.6 is 79.6 Å². The lowest BCUT2D eigenvalue weighted by atomic mass is 10.0. The van der Waals surface area contributed by atoms with E-state index in [9.17, 15) is 0 Å². The van der Waals surface area contributed by atoms with Crippen molar-refractivity contribution in [2.75, 3.05) is 59.1 Å². The zero-order valence-corrected chi connectivity index (χ0v) is 87.0. The number of rotatable bonds is 18. The number of benzene rings is 2. The van der Waals surface area contributed by atoms with Gasteiger partial charge in [-0.1, -0.05) is 60.1 Å². The summed E-state index contributed by atoms with van der Waals surface area (Å²) in [7, 11) is 11.7. The molecule has 0 spiro atoms. The smallest absolute Gasteiger partial charge is 0.166 e. The third-order valence-electron chi connectivity index (χ3n) is 25.5. The normalized spacial score (nSPS) is 13.1. The number of nitrogens with two attached hydrogens (primary N) is 1. The van der Waals surface area contributed by atoms with Gasteiger partial charge in [-0.05, 0) is 240 Å². The summed E-state index contributed by atoms with van der Waals surface area (Å²) in [5.41, 5.74) is 28.8. The highest BCUT2D eigenvalue weighted by atomic mass is 35.5. The lowest BCUT2D eigenvalue weighted by Gasteiger charge is -2.34. The summed E-state index contributed by atoms with van der Waals surface area (Å²) < 4.78 is 29.5. The number of likely N-dealkylation sites (tertiary alicyclic amines) is 1. The Hall–Kier alpha value is -12.8. The molecule has 21 heterocycles. The van der Waals surface area contributed by atoms with E-state index in [4.69, 9.17) is 41.6 Å². The summed E-state index contributed by atoms with van der Waals surface area (Å²) in [6.07, 6.45) is 8.76. The number of fused-ring (bicyclic) bond motifs is 18. The highest BCUT2D eigenvalue weighted by molar-refractivity contribution is 7.28. The number of pyridine rings is 7. The summed E-state index contributed by atoms with van der Waals surface area (Å²) in [4.78, 5) is 41.2. The number of ether oxygens (including phenoxy) is 1. The van der Waals surface area contributed by atoms with Crippen LogP contribution in [0.3, 0.4) is 0 Å². The predicted octanol–water partition coefficient (Wildman–Crippen LogP) is 24.5. The van der Waals surface area contributed by atoms with Gasteiger partial charge in [0.15, 0.2) is 34.9 Å². The van der Waals surface area contributed by atoms with Gasteiger partial charge in [0.05, 0.1) is 104 Å². The van der Waals surface area contributed by atoms with Crippen molar-refractivity contribution in [2.45, 2.75) is 161 Å². The zero-order valence-electron chi connectivity index (χ0n) is 81.3. The zero-order chi connectivity index (χ0) is 96.5. The first kappa shape index (κ1) is 94.2. The van der Waals surface area contributed by atoms with Crippen molar-refractivity contribution in [1.29, 1.82) is 0 Å². The number of aryl methyl sites for hydroxylation is 17.